The summed E-state index contributed by atoms with van der Waals surface area (Å²) in [5, 5.41) is 12.0. The van der Waals surface area contributed by atoms with Gasteiger partial charge >= 0.3 is 5.97 Å². The summed E-state index contributed by atoms with van der Waals surface area (Å²) in [6.45, 7) is 5.11. The summed E-state index contributed by atoms with van der Waals surface area (Å²) in [7, 11) is 0. The normalized spacial score (nSPS) is 12.6. The molecule has 1 aromatic carbocycles. The number of carbonyl (C=O) groups is 2. The zero-order valence-corrected chi connectivity index (χ0v) is 12.8. The molecular formula is C15H16FNO3S. The number of aliphatic carboxylic acids is 1. The van der Waals surface area contributed by atoms with E-state index in [2.05, 4.69) is 5.32 Å². The van der Waals surface area contributed by atoms with Crippen molar-refractivity contribution in [1.29, 1.82) is 0 Å². The molecule has 0 saturated heterocycles. The van der Waals surface area contributed by atoms with Crippen LogP contribution >= 0.6 is 11.3 Å². The van der Waals surface area contributed by atoms with E-state index in [1.165, 1.54) is 17.4 Å². The molecule has 0 aliphatic rings. The van der Waals surface area contributed by atoms with Gasteiger partial charge < -0.3 is 10.4 Å². The number of fused-ring (bicyclic) bond motifs is 1. The maximum atomic E-state index is 13.8. The van der Waals surface area contributed by atoms with E-state index in [-0.39, 0.29) is 11.7 Å². The summed E-state index contributed by atoms with van der Waals surface area (Å²) in [6.07, 6.45) is 0. The van der Waals surface area contributed by atoms with Crippen molar-refractivity contribution >= 4 is 33.3 Å². The van der Waals surface area contributed by atoms with Gasteiger partial charge in [-0.05, 0) is 30.5 Å². The van der Waals surface area contributed by atoms with Crippen LogP contribution in [0.15, 0.2) is 18.2 Å². The predicted molar refractivity (Wildman–Crippen MR) is 80.2 cm³/mol. The Hall–Kier alpha value is -1.95. The first-order chi connectivity index (χ1) is 9.82. The second kappa shape index (κ2) is 5.81. The fourth-order valence-corrected chi connectivity index (χ4v) is 3.32. The molecule has 1 heterocycles. The SMILES string of the molecule is Cc1c(C(=O)NC(C(=O)O)C(C)C)sc2cccc(F)c12. The Kier molecular flexibility index (Phi) is 4.27. The largest absolute Gasteiger partial charge is 0.480 e. The second-order valence-electron chi connectivity index (χ2n) is 5.20. The van der Waals surface area contributed by atoms with Gasteiger partial charge in [0.1, 0.15) is 11.9 Å². The first-order valence-electron chi connectivity index (χ1n) is 6.54. The van der Waals surface area contributed by atoms with E-state index >= 15 is 0 Å². The summed E-state index contributed by atoms with van der Waals surface area (Å²) in [6, 6.07) is 3.71. The van der Waals surface area contributed by atoms with Crippen LogP contribution in [0.5, 0.6) is 0 Å². The number of thiophene rings is 1. The maximum Gasteiger partial charge on any atom is 0.326 e. The molecule has 1 unspecified atom stereocenters. The molecule has 4 nitrogen and oxygen atoms in total. The molecule has 1 amide bonds. The van der Waals surface area contributed by atoms with Crippen LogP contribution in [-0.4, -0.2) is 23.0 Å². The minimum atomic E-state index is -1.08. The number of nitrogens with one attached hydrogen (secondary N) is 1. The molecule has 2 rings (SSSR count). The molecule has 2 aromatic rings. The van der Waals surface area contributed by atoms with Gasteiger partial charge in [-0.3, -0.25) is 4.79 Å². The molecule has 2 N–H and O–H groups in total. The summed E-state index contributed by atoms with van der Waals surface area (Å²) in [4.78, 5) is 23.8. The zero-order chi connectivity index (χ0) is 15.7. The van der Waals surface area contributed by atoms with Crippen LogP contribution in [0.4, 0.5) is 4.39 Å². The number of hydrogen-bond donors (Lipinski definition) is 2. The molecule has 0 aliphatic heterocycles. The van der Waals surface area contributed by atoms with Crippen LogP contribution in [0.2, 0.25) is 0 Å². The van der Waals surface area contributed by atoms with E-state index < -0.39 is 17.9 Å². The molecule has 6 heteroatoms. The van der Waals surface area contributed by atoms with E-state index in [0.29, 0.717) is 20.5 Å². The van der Waals surface area contributed by atoms with Crippen LogP contribution in [0.1, 0.15) is 29.1 Å². The average molecular weight is 309 g/mol. The predicted octanol–water partition coefficient (Wildman–Crippen LogP) is 3.19. The molecular weight excluding hydrogens is 293 g/mol. The van der Waals surface area contributed by atoms with Crippen molar-refractivity contribution in [3.63, 3.8) is 0 Å². The smallest absolute Gasteiger partial charge is 0.326 e. The van der Waals surface area contributed by atoms with Gasteiger partial charge in [0.15, 0.2) is 0 Å². The summed E-state index contributed by atoms with van der Waals surface area (Å²) in [5.74, 6) is -2.17. The molecule has 112 valence electrons. The lowest BCUT2D eigenvalue weighted by atomic mass is 10.0. The first kappa shape index (κ1) is 15.4. The van der Waals surface area contributed by atoms with Gasteiger partial charge in [0.05, 0.1) is 4.88 Å². The van der Waals surface area contributed by atoms with Crippen LogP contribution < -0.4 is 5.32 Å². The molecule has 21 heavy (non-hydrogen) atoms. The Bertz CT molecular complexity index is 708. The van der Waals surface area contributed by atoms with E-state index in [1.54, 1.807) is 32.9 Å². The van der Waals surface area contributed by atoms with Crippen molar-refractivity contribution in [1.82, 2.24) is 5.32 Å². The Morgan fingerprint density at radius 3 is 2.52 bits per heavy atom. The maximum absolute atomic E-state index is 13.8. The molecule has 0 fully saturated rings. The number of amides is 1. The van der Waals surface area contributed by atoms with Gasteiger partial charge in [0.25, 0.3) is 5.91 Å². The standard InChI is InChI=1S/C15H16FNO3S/c1-7(2)12(15(19)20)17-14(18)13-8(3)11-9(16)5-4-6-10(11)21-13/h4-7,12H,1-3H3,(H,17,18)(H,19,20). The quantitative estimate of drug-likeness (QED) is 0.911. The van der Waals surface area contributed by atoms with Gasteiger partial charge in [0, 0.05) is 10.1 Å². The first-order valence-corrected chi connectivity index (χ1v) is 7.35. The Morgan fingerprint density at radius 1 is 1.33 bits per heavy atom. The highest BCUT2D eigenvalue weighted by atomic mass is 32.1. The second-order valence-corrected chi connectivity index (χ2v) is 6.25. The van der Waals surface area contributed by atoms with Crippen LogP contribution in [0.25, 0.3) is 10.1 Å². The minimum Gasteiger partial charge on any atom is -0.480 e. The molecule has 0 saturated carbocycles. The van der Waals surface area contributed by atoms with Crippen molar-refractivity contribution in [3.05, 3.63) is 34.5 Å². The monoisotopic (exact) mass is 309 g/mol. The van der Waals surface area contributed by atoms with E-state index in [1.807, 2.05) is 0 Å². The highest BCUT2D eigenvalue weighted by molar-refractivity contribution is 7.21. The lowest BCUT2D eigenvalue weighted by Gasteiger charge is -2.17. The Balaban J connectivity index is 2.38. The zero-order valence-electron chi connectivity index (χ0n) is 11.9. The molecule has 0 bridgehead atoms. The lowest BCUT2D eigenvalue weighted by Crippen LogP contribution is -2.44. The molecule has 0 aliphatic carbocycles. The van der Waals surface area contributed by atoms with Crippen LogP contribution in [0, 0.1) is 18.7 Å². The highest BCUT2D eigenvalue weighted by Crippen LogP contribution is 2.32. The van der Waals surface area contributed by atoms with Gasteiger partial charge in [-0.1, -0.05) is 19.9 Å². The summed E-state index contributed by atoms with van der Waals surface area (Å²) in [5.41, 5.74) is 0.540. The molecule has 1 atom stereocenters. The highest BCUT2D eigenvalue weighted by Gasteiger charge is 2.26. The lowest BCUT2D eigenvalue weighted by molar-refractivity contribution is -0.140. The summed E-state index contributed by atoms with van der Waals surface area (Å²) < 4.78 is 14.5. The average Bonchev–Trinajstić information content (AvgIpc) is 2.73. The molecule has 0 radical (unpaired) electrons. The van der Waals surface area contributed by atoms with Gasteiger partial charge in [-0.25, -0.2) is 9.18 Å². The van der Waals surface area contributed by atoms with E-state index in [4.69, 9.17) is 5.11 Å². The van der Waals surface area contributed by atoms with Crippen LogP contribution in [0.3, 0.4) is 0 Å². The minimum absolute atomic E-state index is 0.238. The third-order valence-electron chi connectivity index (χ3n) is 3.33. The van der Waals surface area contributed by atoms with Gasteiger partial charge in [0.2, 0.25) is 0 Å². The Morgan fingerprint density at radius 2 is 2.00 bits per heavy atom. The van der Waals surface area contributed by atoms with Crippen molar-refractivity contribution in [2.45, 2.75) is 26.8 Å². The third-order valence-corrected chi connectivity index (χ3v) is 4.58. The fourth-order valence-electron chi connectivity index (χ4n) is 2.19. The number of hydrogen-bond acceptors (Lipinski definition) is 3. The van der Waals surface area contributed by atoms with Crippen molar-refractivity contribution in [2.24, 2.45) is 5.92 Å². The van der Waals surface area contributed by atoms with Crippen molar-refractivity contribution < 1.29 is 19.1 Å². The van der Waals surface area contributed by atoms with Gasteiger partial charge in [-0.15, -0.1) is 11.3 Å². The summed E-state index contributed by atoms with van der Waals surface area (Å²) >= 11 is 1.17. The molecule has 0 spiro atoms. The van der Waals surface area contributed by atoms with Crippen molar-refractivity contribution in [2.75, 3.05) is 0 Å². The number of rotatable bonds is 4. The number of benzene rings is 1. The Labute approximate surface area is 125 Å². The van der Waals surface area contributed by atoms with E-state index in [0.717, 1.165) is 0 Å². The van der Waals surface area contributed by atoms with E-state index in [9.17, 15) is 14.0 Å². The number of halogens is 1. The topological polar surface area (TPSA) is 66.4 Å². The van der Waals surface area contributed by atoms with Gasteiger partial charge in [-0.2, -0.15) is 0 Å². The number of carboxylic acid groups (broad SMARTS) is 1. The van der Waals surface area contributed by atoms with Crippen molar-refractivity contribution in [3.8, 4) is 0 Å². The molecule has 1 aromatic heterocycles. The number of aryl methyl sites for hydroxylation is 1. The fraction of sp³-hybridized carbons (Fsp3) is 0.333. The van der Waals surface area contributed by atoms with Crippen LogP contribution in [-0.2, 0) is 4.79 Å². The number of carbonyl (C=O) groups excluding carboxylic acids is 1. The number of carboxylic acids is 1. The third kappa shape index (κ3) is 2.90.